The molecule has 0 spiro atoms. The molecule has 0 aliphatic heterocycles. The molecule has 6 heteroatoms. The van der Waals surface area contributed by atoms with Crippen molar-refractivity contribution in [3.63, 3.8) is 0 Å². The van der Waals surface area contributed by atoms with Crippen molar-refractivity contribution < 1.29 is 4.79 Å². The number of aromatic nitrogens is 2. The van der Waals surface area contributed by atoms with Crippen molar-refractivity contribution in [1.82, 2.24) is 15.3 Å². The first-order valence-electron chi connectivity index (χ1n) is 4.68. The summed E-state index contributed by atoms with van der Waals surface area (Å²) in [4.78, 5) is 18.8. The van der Waals surface area contributed by atoms with Crippen molar-refractivity contribution >= 4 is 33.2 Å². The van der Waals surface area contributed by atoms with Gasteiger partial charge in [0, 0.05) is 16.0 Å². The second kappa shape index (κ2) is 4.80. The van der Waals surface area contributed by atoms with Crippen LogP contribution < -0.4 is 5.32 Å². The SMILES string of the molecule is Cc1nc(CNC(=O)c2cc(Br)c[nH]2)cs1. The molecule has 2 heterocycles. The number of amides is 1. The van der Waals surface area contributed by atoms with Crippen molar-refractivity contribution in [3.05, 3.63) is 38.5 Å². The number of halogens is 1. The normalized spacial score (nSPS) is 10.4. The smallest absolute Gasteiger partial charge is 0.268 e. The summed E-state index contributed by atoms with van der Waals surface area (Å²) in [6.45, 7) is 2.40. The minimum atomic E-state index is -0.128. The first-order valence-corrected chi connectivity index (χ1v) is 6.35. The third-order valence-electron chi connectivity index (χ3n) is 1.99. The highest BCUT2D eigenvalue weighted by molar-refractivity contribution is 9.10. The number of carbonyl (C=O) groups excluding carboxylic acids is 1. The van der Waals surface area contributed by atoms with Gasteiger partial charge in [-0.3, -0.25) is 4.79 Å². The Labute approximate surface area is 105 Å². The maximum Gasteiger partial charge on any atom is 0.268 e. The number of aryl methyl sites for hydroxylation is 1. The van der Waals surface area contributed by atoms with E-state index in [0.29, 0.717) is 12.2 Å². The minimum absolute atomic E-state index is 0.128. The maximum atomic E-state index is 11.7. The van der Waals surface area contributed by atoms with Gasteiger partial charge in [0.25, 0.3) is 5.91 Å². The second-order valence-electron chi connectivity index (χ2n) is 3.27. The number of hydrogen-bond acceptors (Lipinski definition) is 3. The number of hydrogen-bond donors (Lipinski definition) is 2. The van der Waals surface area contributed by atoms with Crippen LogP contribution in [0.1, 0.15) is 21.2 Å². The van der Waals surface area contributed by atoms with Gasteiger partial charge >= 0.3 is 0 Å². The van der Waals surface area contributed by atoms with E-state index in [0.717, 1.165) is 15.2 Å². The Hall–Kier alpha value is -1.14. The highest BCUT2D eigenvalue weighted by Gasteiger charge is 2.07. The number of H-pyrrole nitrogens is 1. The average molecular weight is 300 g/mol. The number of carbonyl (C=O) groups is 1. The summed E-state index contributed by atoms with van der Waals surface area (Å²) in [5.41, 5.74) is 1.43. The van der Waals surface area contributed by atoms with E-state index in [1.54, 1.807) is 23.6 Å². The molecule has 1 amide bonds. The molecule has 2 N–H and O–H groups in total. The first-order chi connectivity index (χ1) is 7.65. The first kappa shape index (κ1) is 11.3. The molecule has 0 unspecified atom stereocenters. The van der Waals surface area contributed by atoms with Crippen molar-refractivity contribution in [1.29, 1.82) is 0 Å². The van der Waals surface area contributed by atoms with Gasteiger partial charge in [0.05, 0.1) is 17.2 Å². The molecule has 0 aromatic carbocycles. The summed E-state index contributed by atoms with van der Waals surface area (Å²) in [6, 6.07) is 1.74. The van der Waals surface area contributed by atoms with E-state index in [1.807, 2.05) is 12.3 Å². The van der Waals surface area contributed by atoms with Gasteiger partial charge < -0.3 is 10.3 Å². The van der Waals surface area contributed by atoms with Crippen molar-refractivity contribution in [2.45, 2.75) is 13.5 Å². The van der Waals surface area contributed by atoms with Crippen molar-refractivity contribution in [3.8, 4) is 0 Å². The number of aromatic amines is 1. The summed E-state index contributed by atoms with van der Waals surface area (Å²) >= 11 is 4.86. The molecule has 0 radical (unpaired) electrons. The molecule has 0 bridgehead atoms. The predicted octanol–water partition coefficient (Wildman–Crippen LogP) is 2.47. The Balaban J connectivity index is 1.93. The van der Waals surface area contributed by atoms with E-state index in [1.165, 1.54) is 0 Å². The van der Waals surface area contributed by atoms with Crippen LogP contribution >= 0.6 is 27.3 Å². The van der Waals surface area contributed by atoms with Crippen LogP contribution in [0.3, 0.4) is 0 Å². The molecule has 0 saturated heterocycles. The van der Waals surface area contributed by atoms with Crippen LogP contribution in [-0.2, 0) is 6.54 Å². The van der Waals surface area contributed by atoms with E-state index < -0.39 is 0 Å². The van der Waals surface area contributed by atoms with Gasteiger partial charge in [0.2, 0.25) is 0 Å². The monoisotopic (exact) mass is 299 g/mol. The molecule has 0 fully saturated rings. The third-order valence-corrected chi connectivity index (χ3v) is 3.27. The molecule has 2 aromatic heterocycles. The summed E-state index contributed by atoms with van der Waals surface area (Å²) in [7, 11) is 0. The Bertz CT molecular complexity index is 506. The van der Waals surface area contributed by atoms with Gasteiger partial charge in [-0.15, -0.1) is 11.3 Å². The zero-order chi connectivity index (χ0) is 11.5. The lowest BCUT2D eigenvalue weighted by molar-refractivity contribution is 0.0946. The number of rotatable bonds is 3. The van der Waals surface area contributed by atoms with Gasteiger partial charge in [0.15, 0.2) is 0 Å². The zero-order valence-corrected chi connectivity index (χ0v) is 11.0. The molecular weight excluding hydrogens is 290 g/mol. The summed E-state index contributed by atoms with van der Waals surface area (Å²) in [5, 5.41) is 5.75. The van der Waals surface area contributed by atoms with Crippen LogP contribution in [-0.4, -0.2) is 15.9 Å². The lowest BCUT2D eigenvalue weighted by Gasteiger charge is -2.00. The van der Waals surface area contributed by atoms with Gasteiger partial charge in [-0.05, 0) is 28.9 Å². The highest BCUT2D eigenvalue weighted by Crippen LogP contribution is 2.11. The molecule has 0 aliphatic rings. The Morgan fingerprint density at radius 2 is 2.50 bits per heavy atom. The van der Waals surface area contributed by atoms with Crippen LogP contribution in [0.15, 0.2) is 22.1 Å². The molecular formula is C10H10BrN3OS. The molecule has 84 valence electrons. The lowest BCUT2D eigenvalue weighted by atomic mass is 10.4. The molecule has 4 nitrogen and oxygen atoms in total. The van der Waals surface area contributed by atoms with Gasteiger partial charge in [0.1, 0.15) is 5.69 Å². The molecule has 16 heavy (non-hydrogen) atoms. The van der Waals surface area contributed by atoms with Crippen LogP contribution in [0.4, 0.5) is 0 Å². The summed E-state index contributed by atoms with van der Waals surface area (Å²) in [5.74, 6) is -0.128. The van der Waals surface area contributed by atoms with E-state index in [9.17, 15) is 4.79 Å². The van der Waals surface area contributed by atoms with Gasteiger partial charge in [-0.1, -0.05) is 0 Å². The average Bonchev–Trinajstić information content (AvgIpc) is 2.84. The molecule has 0 saturated carbocycles. The number of nitrogens with one attached hydrogen (secondary N) is 2. The lowest BCUT2D eigenvalue weighted by Crippen LogP contribution is -2.23. The summed E-state index contributed by atoms with van der Waals surface area (Å²) < 4.78 is 0.863. The van der Waals surface area contributed by atoms with Crippen LogP contribution in [0.2, 0.25) is 0 Å². The highest BCUT2D eigenvalue weighted by atomic mass is 79.9. The quantitative estimate of drug-likeness (QED) is 0.915. The second-order valence-corrected chi connectivity index (χ2v) is 5.25. The largest absolute Gasteiger partial charge is 0.356 e. The maximum absolute atomic E-state index is 11.7. The minimum Gasteiger partial charge on any atom is -0.356 e. The molecule has 2 rings (SSSR count). The molecule has 0 atom stereocenters. The number of nitrogens with zero attached hydrogens (tertiary/aromatic N) is 1. The fourth-order valence-corrected chi connectivity index (χ4v) is 2.21. The standard InChI is InChI=1S/C10H10BrN3OS/c1-6-14-8(5-16-6)4-13-10(15)9-2-7(11)3-12-9/h2-3,5,12H,4H2,1H3,(H,13,15). The zero-order valence-electron chi connectivity index (χ0n) is 8.58. The third kappa shape index (κ3) is 2.70. The summed E-state index contributed by atoms with van der Waals surface area (Å²) in [6.07, 6.45) is 1.72. The van der Waals surface area contributed by atoms with Crippen molar-refractivity contribution in [2.24, 2.45) is 0 Å². The van der Waals surface area contributed by atoms with Gasteiger partial charge in [-0.2, -0.15) is 0 Å². The number of thiazole rings is 1. The van der Waals surface area contributed by atoms with Crippen LogP contribution in [0, 0.1) is 6.92 Å². The van der Waals surface area contributed by atoms with Crippen molar-refractivity contribution in [2.75, 3.05) is 0 Å². The van der Waals surface area contributed by atoms with Gasteiger partial charge in [-0.25, -0.2) is 4.98 Å². The Kier molecular flexibility index (Phi) is 3.40. The van der Waals surface area contributed by atoms with E-state index in [4.69, 9.17) is 0 Å². The fraction of sp³-hybridized carbons (Fsp3) is 0.200. The van der Waals surface area contributed by atoms with E-state index >= 15 is 0 Å². The van der Waals surface area contributed by atoms with Crippen LogP contribution in [0.5, 0.6) is 0 Å². The molecule has 2 aromatic rings. The van der Waals surface area contributed by atoms with E-state index in [2.05, 4.69) is 31.2 Å². The van der Waals surface area contributed by atoms with E-state index in [-0.39, 0.29) is 5.91 Å². The Morgan fingerprint density at radius 1 is 1.69 bits per heavy atom. The molecule has 0 aliphatic carbocycles. The topological polar surface area (TPSA) is 57.8 Å². The Morgan fingerprint density at radius 3 is 3.06 bits per heavy atom. The van der Waals surface area contributed by atoms with Crippen LogP contribution in [0.25, 0.3) is 0 Å². The fourth-order valence-electron chi connectivity index (χ4n) is 1.25. The predicted molar refractivity (Wildman–Crippen MR) is 66.5 cm³/mol.